The number of hydrogen-bond acceptors (Lipinski definition) is 3. The van der Waals surface area contributed by atoms with Gasteiger partial charge in [-0.25, -0.2) is 4.79 Å². The minimum absolute atomic E-state index is 0.121. The van der Waals surface area contributed by atoms with Gasteiger partial charge >= 0.3 is 6.03 Å². The van der Waals surface area contributed by atoms with Crippen LogP contribution in [0.3, 0.4) is 0 Å². The minimum atomic E-state index is -0.125. The zero-order valence-electron chi connectivity index (χ0n) is 10.6. The number of nitrogens with zero attached hydrogens (tertiary/aromatic N) is 1. The molecule has 5 nitrogen and oxygen atoms in total. The Balaban J connectivity index is 1.84. The van der Waals surface area contributed by atoms with Gasteiger partial charge in [0.15, 0.2) is 0 Å². The minimum Gasteiger partial charge on any atom is -0.396 e. The molecule has 3 N–H and O–H groups in total. The summed E-state index contributed by atoms with van der Waals surface area (Å²) in [6, 6.07) is -0.125. The van der Waals surface area contributed by atoms with Gasteiger partial charge in [0.1, 0.15) is 0 Å². The molecule has 0 aliphatic carbocycles. The van der Waals surface area contributed by atoms with Crippen LogP contribution in [0.25, 0.3) is 0 Å². The second kappa shape index (κ2) is 9.24. The van der Waals surface area contributed by atoms with E-state index in [1.807, 2.05) is 0 Å². The number of unbranched alkanes of at least 4 members (excludes halogenated alkanes) is 1. The van der Waals surface area contributed by atoms with Crippen molar-refractivity contribution < 1.29 is 9.90 Å². The number of nitrogens with one attached hydrogen (secondary N) is 2. The van der Waals surface area contributed by atoms with E-state index >= 15 is 0 Å². The van der Waals surface area contributed by atoms with Crippen molar-refractivity contribution in [2.45, 2.75) is 32.1 Å². The van der Waals surface area contributed by atoms with E-state index in [4.69, 9.17) is 5.11 Å². The van der Waals surface area contributed by atoms with Crippen molar-refractivity contribution in [3.05, 3.63) is 0 Å². The standard InChI is InChI=1S/C12H25N3O2/c16-11-5-7-14-12(17)13-6-1-2-8-15-9-3-4-10-15/h16H,1-11H2,(H2,13,14,17). The first kappa shape index (κ1) is 14.3. The monoisotopic (exact) mass is 243 g/mol. The predicted octanol–water partition coefficient (Wildman–Crippen LogP) is 0.544. The SMILES string of the molecule is O=C(NCCCO)NCCCCN1CCCC1. The fraction of sp³-hybridized carbons (Fsp3) is 0.917. The molecule has 0 unspecified atom stereocenters. The third-order valence-electron chi connectivity index (χ3n) is 3.01. The number of amides is 2. The van der Waals surface area contributed by atoms with Crippen LogP contribution < -0.4 is 10.6 Å². The predicted molar refractivity (Wildman–Crippen MR) is 68.0 cm³/mol. The molecule has 17 heavy (non-hydrogen) atoms. The van der Waals surface area contributed by atoms with E-state index < -0.39 is 0 Å². The maximum Gasteiger partial charge on any atom is 0.314 e. The topological polar surface area (TPSA) is 64.6 Å². The molecule has 0 atom stereocenters. The summed E-state index contributed by atoms with van der Waals surface area (Å²) >= 11 is 0. The van der Waals surface area contributed by atoms with Gasteiger partial charge in [0.25, 0.3) is 0 Å². The summed E-state index contributed by atoms with van der Waals surface area (Å²) in [7, 11) is 0. The van der Waals surface area contributed by atoms with Gasteiger partial charge in [-0.2, -0.15) is 0 Å². The molecule has 5 heteroatoms. The highest BCUT2D eigenvalue weighted by atomic mass is 16.3. The van der Waals surface area contributed by atoms with Gasteiger partial charge in [0.05, 0.1) is 0 Å². The molecule has 0 aromatic rings. The lowest BCUT2D eigenvalue weighted by molar-refractivity contribution is 0.237. The highest BCUT2D eigenvalue weighted by molar-refractivity contribution is 5.73. The number of hydrogen-bond donors (Lipinski definition) is 3. The average molecular weight is 243 g/mol. The second-order valence-electron chi connectivity index (χ2n) is 4.52. The third kappa shape index (κ3) is 7.18. The number of aliphatic hydroxyl groups is 1. The Bertz CT molecular complexity index is 206. The van der Waals surface area contributed by atoms with Gasteiger partial charge in [0.2, 0.25) is 0 Å². The van der Waals surface area contributed by atoms with E-state index in [0.717, 1.165) is 25.9 Å². The third-order valence-corrected chi connectivity index (χ3v) is 3.01. The average Bonchev–Trinajstić information content (AvgIpc) is 2.82. The highest BCUT2D eigenvalue weighted by Crippen LogP contribution is 2.07. The van der Waals surface area contributed by atoms with Crippen molar-refractivity contribution in [3.8, 4) is 0 Å². The van der Waals surface area contributed by atoms with Gasteiger partial charge in [0, 0.05) is 19.7 Å². The van der Waals surface area contributed by atoms with Crippen molar-refractivity contribution in [2.75, 3.05) is 39.3 Å². The lowest BCUT2D eigenvalue weighted by Crippen LogP contribution is -2.36. The largest absolute Gasteiger partial charge is 0.396 e. The van der Waals surface area contributed by atoms with Crippen LogP contribution >= 0.6 is 0 Å². The van der Waals surface area contributed by atoms with Crippen LogP contribution in [0.5, 0.6) is 0 Å². The van der Waals surface area contributed by atoms with E-state index in [1.54, 1.807) is 0 Å². The molecule has 1 aliphatic rings. The zero-order chi connectivity index (χ0) is 12.3. The normalized spacial score (nSPS) is 16.1. The van der Waals surface area contributed by atoms with Crippen LogP contribution in [0, 0.1) is 0 Å². The smallest absolute Gasteiger partial charge is 0.314 e. The van der Waals surface area contributed by atoms with Crippen molar-refractivity contribution >= 4 is 6.03 Å². The van der Waals surface area contributed by atoms with Crippen LogP contribution in [0.15, 0.2) is 0 Å². The van der Waals surface area contributed by atoms with Crippen molar-refractivity contribution in [1.82, 2.24) is 15.5 Å². The Morgan fingerprint density at radius 1 is 1.06 bits per heavy atom. The quantitative estimate of drug-likeness (QED) is 0.545. The first-order chi connectivity index (χ1) is 8.33. The van der Waals surface area contributed by atoms with Crippen LogP contribution in [-0.2, 0) is 0 Å². The number of carbonyl (C=O) groups excluding carboxylic acids is 1. The summed E-state index contributed by atoms with van der Waals surface area (Å²) in [5, 5.41) is 14.1. The molecule has 0 bridgehead atoms. The number of urea groups is 1. The fourth-order valence-corrected chi connectivity index (χ4v) is 2.01. The summed E-state index contributed by atoms with van der Waals surface area (Å²) in [4.78, 5) is 13.7. The summed E-state index contributed by atoms with van der Waals surface area (Å²) in [5.74, 6) is 0. The molecular weight excluding hydrogens is 218 g/mol. The molecule has 0 saturated carbocycles. The number of rotatable bonds is 8. The molecule has 1 rings (SSSR count). The Morgan fingerprint density at radius 2 is 1.71 bits per heavy atom. The van der Waals surface area contributed by atoms with E-state index in [0.29, 0.717) is 13.0 Å². The molecule has 1 heterocycles. The van der Waals surface area contributed by atoms with E-state index in [2.05, 4.69) is 15.5 Å². The lowest BCUT2D eigenvalue weighted by atomic mass is 10.3. The molecule has 2 amide bonds. The number of likely N-dealkylation sites (tertiary alicyclic amines) is 1. The van der Waals surface area contributed by atoms with Gasteiger partial charge in [-0.05, 0) is 51.7 Å². The molecular formula is C12H25N3O2. The molecule has 1 saturated heterocycles. The van der Waals surface area contributed by atoms with Crippen LogP contribution in [-0.4, -0.2) is 55.4 Å². The lowest BCUT2D eigenvalue weighted by Gasteiger charge is -2.14. The van der Waals surface area contributed by atoms with Crippen molar-refractivity contribution in [1.29, 1.82) is 0 Å². The van der Waals surface area contributed by atoms with Gasteiger partial charge in [-0.3, -0.25) is 0 Å². The molecule has 1 aliphatic heterocycles. The molecule has 0 spiro atoms. The van der Waals surface area contributed by atoms with Gasteiger partial charge in [-0.15, -0.1) is 0 Å². The molecule has 1 fully saturated rings. The van der Waals surface area contributed by atoms with Crippen LogP contribution in [0.4, 0.5) is 4.79 Å². The number of carbonyl (C=O) groups is 1. The summed E-state index contributed by atoms with van der Waals surface area (Å²) in [5.41, 5.74) is 0. The highest BCUT2D eigenvalue weighted by Gasteiger charge is 2.09. The van der Waals surface area contributed by atoms with E-state index in [9.17, 15) is 4.79 Å². The van der Waals surface area contributed by atoms with Crippen LogP contribution in [0.1, 0.15) is 32.1 Å². The Labute approximate surface area is 104 Å². The Hall–Kier alpha value is -0.810. The molecule has 0 aromatic heterocycles. The van der Waals surface area contributed by atoms with Gasteiger partial charge < -0.3 is 20.6 Å². The second-order valence-corrected chi connectivity index (χ2v) is 4.52. The maximum atomic E-state index is 11.2. The maximum absolute atomic E-state index is 11.2. The molecule has 100 valence electrons. The molecule has 0 radical (unpaired) electrons. The zero-order valence-corrected chi connectivity index (χ0v) is 10.6. The molecule has 0 aromatic carbocycles. The summed E-state index contributed by atoms with van der Waals surface area (Å²) in [6.45, 7) is 5.04. The fourth-order valence-electron chi connectivity index (χ4n) is 2.01. The van der Waals surface area contributed by atoms with E-state index in [1.165, 1.54) is 25.9 Å². The first-order valence-electron chi connectivity index (χ1n) is 6.68. The van der Waals surface area contributed by atoms with Gasteiger partial charge in [-0.1, -0.05) is 0 Å². The number of aliphatic hydroxyl groups excluding tert-OH is 1. The van der Waals surface area contributed by atoms with Crippen molar-refractivity contribution in [3.63, 3.8) is 0 Å². The van der Waals surface area contributed by atoms with Crippen molar-refractivity contribution in [2.24, 2.45) is 0 Å². The first-order valence-corrected chi connectivity index (χ1v) is 6.68. The van der Waals surface area contributed by atoms with Crippen LogP contribution in [0.2, 0.25) is 0 Å². The Kier molecular flexibility index (Phi) is 7.75. The Morgan fingerprint density at radius 3 is 2.35 bits per heavy atom. The summed E-state index contributed by atoms with van der Waals surface area (Å²) in [6.07, 6.45) is 5.47. The summed E-state index contributed by atoms with van der Waals surface area (Å²) < 4.78 is 0. The van der Waals surface area contributed by atoms with E-state index in [-0.39, 0.29) is 12.6 Å².